The highest BCUT2D eigenvalue weighted by atomic mass is 32.1. The predicted molar refractivity (Wildman–Crippen MR) is 93.2 cm³/mol. The molecule has 0 bridgehead atoms. The van der Waals surface area contributed by atoms with Gasteiger partial charge in [-0.15, -0.1) is 0 Å². The van der Waals surface area contributed by atoms with E-state index in [9.17, 15) is 4.79 Å². The number of nitrogens with zero attached hydrogens (tertiary/aromatic N) is 1. The third kappa shape index (κ3) is 3.49. The first-order valence-corrected chi connectivity index (χ1v) is 7.91. The van der Waals surface area contributed by atoms with Crippen LogP contribution in [0.15, 0.2) is 24.3 Å². The molecule has 0 spiro atoms. The van der Waals surface area contributed by atoms with E-state index >= 15 is 0 Å². The maximum atomic E-state index is 12.3. The van der Waals surface area contributed by atoms with Crippen molar-refractivity contribution in [2.75, 3.05) is 12.1 Å². The van der Waals surface area contributed by atoms with Crippen molar-refractivity contribution in [3.8, 4) is 11.5 Å². The molecular weight excluding hydrogens is 334 g/mol. The first-order chi connectivity index (χ1) is 11.0. The molecule has 2 heterocycles. The molecule has 0 aliphatic carbocycles. The van der Waals surface area contributed by atoms with Gasteiger partial charge in [0.2, 0.25) is 6.79 Å². The number of thiocarbonyl (C=S) groups is 1. The number of benzene rings is 1. The number of carbonyl (C=O) groups excluding carboxylic acids is 1. The van der Waals surface area contributed by atoms with E-state index in [-0.39, 0.29) is 17.7 Å². The molecule has 1 aliphatic rings. The van der Waals surface area contributed by atoms with Gasteiger partial charge >= 0.3 is 0 Å². The van der Waals surface area contributed by atoms with Crippen LogP contribution in [0, 0.1) is 6.92 Å². The highest BCUT2D eigenvalue weighted by Crippen LogP contribution is 2.33. The lowest BCUT2D eigenvalue weighted by molar-refractivity contribution is 0.105. The standard InChI is InChI=1S/C15H13N3O3S2/c1-8-13(23-15(17-8)18-14(16)22)10(19)4-2-9-3-5-11-12(6-9)21-7-20-11/h2-6H,7H2,1H3,(H3,16,17,18,22)/b4-2+. The van der Waals surface area contributed by atoms with Gasteiger partial charge in [-0.2, -0.15) is 0 Å². The summed E-state index contributed by atoms with van der Waals surface area (Å²) in [5.41, 5.74) is 6.89. The van der Waals surface area contributed by atoms with E-state index in [1.807, 2.05) is 18.2 Å². The lowest BCUT2D eigenvalue weighted by Gasteiger charge is -1.97. The van der Waals surface area contributed by atoms with Crippen LogP contribution in [0.3, 0.4) is 0 Å². The topological polar surface area (TPSA) is 86.5 Å². The highest BCUT2D eigenvalue weighted by molar-refractivity contribution is 7.80. The Balaban J connectivity index is 1.76. The van der Waals surface area contributed by atoms with Crippen molar-refractivity contribution in [3.05, 3.63) is 40.4 Å². The number of fused-ring (bicyclic) bond motifs is 1. The number of hydrogen-bond acceptors (Lipinski definition) is 6. The van der Waals surface area contributed by atoms with Gasteiger partial charge in [-0.3, -0.25) is 4.79 Å². The van der Waals surface area contributed by atoms with Crippen LogP contribution in [-0.2, 0) is 0 Å². The van der Waals surface area contributed by atoms with E-state index in [1.54, 1.807) is 13.0 Å². The second-order valence-electron chi connectivity index (χ2n) is 4.73. The number of aryl methyl sites for hydroxylation is 1. The molecular formula is C15H13N3O3S2. The van der Waals surface area contributed by atoms with E-state index < -0.39 is 0 Å². The zero-order valence-electron chi connectivity index (χ0n) is 12.2. The fraction of sp³-hybridized carbons (Fsp3) is 0.133. The van der Waals surface area contributed by atoms with E-state index in [0.717, 1.165) is 5.56 Å². The van der Waals surface area contributed by atoms with Crippen LogP contribution in [0.5, 0.6) is 11.5 Å². The van der Waals surface area contributed by atoms with Gasteiger partial charge in [0.05, 0.1) is 10.6 Å². The molecule has 0 unspecified atom stereocenters. The molecule has 1 aliphatic heterocycles. The van der Waals surface area contributed by atoms with Crippen molar-refractivity contribution >= 4 is 45.7 Å². The van der Waals surface area contributed by atoms with Crippen LogP contribution in [0.25, 0.3) is 6.08 Å². The summed E-state index contributed by atoms with van der Waals surface area (Å²) in [6, 6.07) is 5.50. The Morgan fingerprint density at radius 3 is 3.00 bits per heavy atom. The molecule has 0 amide bonds. The molecule has 0 fully saturated rings. The van der Waals surface area contributed by atoms with Crippen LogP contribution >= 0.6 is 23.6 Å². The molecule has 0 saturated carbocycles. The minimum atomic E-state index is -0.131. The van der Waals surface area contributed by atoms with Crippen molar-refractivity contribution < 1.29 is 14.3 Å². The zero-order chi connectivity index (χ0) is 16.4. The maximum absolute atomic E-state index is 12.3. The summed E-state index contributed by atoms with van der Waals surface area (Å²) in [6.07, 6.45) is 3.23. The zero-order valence-corrected chi connectivity index (χ0v) is 13.8. The Labute approximate surface area is 141 Å². The van der Waals surface area contributed by atoms with Crippen LogP contribution in [0.2, 0.25) is 0 Å². The Bertz CT molecular complexity index is 814. The van der Waals surface area contributed by atoms with Gasteiger partial charge in [-0.25, -0.2) is 4.98 Å². The number of aromatic nitrogens is 1. The lowest BCUT2D eigenvalue weighted by Crippen LogP contribution is -2.18. The van der Waals surface area contributed by atoms with E-state index in [1.165, 1.54) is 17.4 Å². The second kappa shape index (κ2) is 6.35. The number of thiazole rings is 1. The molecule has 23 heavy (non-hydrogen) atoms. The molecule has 8 heteroatoms. The minimum Gasteiger partial charge on any atom is -0.454 e. The van der Waals surface area contributed by atoms with Crippen LogP contribution in [0.1, 0.15) is 20.9 Å². The summed E-state index contributed by atoms with van der Waals surface area (Å²) < 4.78 is 10.6. The number of ether oxygens (including phenoxy) is 2. The number of rotatable bonds is 4. The number of carbonyl (C=O) groups is 1. The molecule has 1 aromatic heterocycles. The largest absolute Gasteiger partial charge is 0.454 e. The average Bonchev–Trinajstić information content (AvgIpc) is 3.10. The summed E-state index contributed by atoms with van der Waals surface area (Å²) in [4.78, 5) is 17.1. The molecule has 3 rings (SSSR count). The number of ketones is 1. The first-order valence-electron chi connectivity index (χ1n) is 6.69. The molecule has 0 atom stereocenters. The van der Waals surface area contributed by atoms with E-state index in [0.29, 0.717) is 27.2 Å². The van der Waals surface area contributed by atoms with Crippen molar-refractivity contribution in [1.82, 2.24) is 4.98 Å². The number of nitrogens with one attached hydrogen (secondary N) is 1. The molecule has 6 nitrogen and oxygen atoms in total. The van der Waals surface area contributed by atoms with Gasteiger partial charge in [-0.1, -0.05) is 23.5 Å². The average molecular weight is 347 g/mol. The third-order valence-electron chi connectivity index (χ3n) is 3.07. The predicted octanol–water partition coefficient (Wildman–Crippen LogP) is 2.73. The summed E-state index contributed by atoms with van der Waals surface area (Å²) in [5, 5.41) is 3.36. The van der Waals surface area contributed by atoms with Crippen LogP contribution < -0.4 is 20.5 Å². The van der Waals surface area contributed by atoms with Crippen molar-refractivity contribution in [2.45, 2.75) is 6.92 Å². The SMILES string of the molecule is Cc1nc(NC(N)=S)sc1C(=O)/C=C/c1ccc2c(c1)OCO2. The first kappa shape index (κ1) is 15.4. The smallest absolute Gasteiger partial charge is 0.231 e. The summed E-state index contributed by atoms with van der Waals surface area (Å²) >= 11 is 5.98. The minimum absolute atomic E-state index is 0.119. The maximum Gasteiger partial charge on any atom is 0.231 e. The van der Waals surface area contributed by atoms with Crippen LogP contribution in [0.4, 0.5) is 5.13 Å². The number of allylic oxidation sites excluding steroid dienone is 1. The Morgan fingerprint density at radius 1 is 1.43 bits per heavy atom. The lowest BCUT2D eigenvalue weighted by atomic mass is 10.1. The number of anilines is 1. The fourth-order valence-electron chi connectivity index (χ4n) is 2.05. The van der Waals surface area contributed by atoms with Crippen molar-refractivity contribution in [2.24, 2.45) is 5.73 Å². The van der Waals surface area contributed by atoms with Gasteiger partial charge < -0.3 is 20.5 Å². The fourth-order valence-corrected chi connectivity index (χ4v) is 3.11. The van der Waals surface area contributed by atoms with Gasteiger partial charge in [-0.05, 0) is 42.9 Å². The highest BCUT2D eigenvalue weighted by Gasteiger charge is 2.14. The molecule has 3 N–H and O–H groups in total. The monoisotopic (exact) mass is 347 g/mol. The summed E-state index contributed by atoms with van der Waals surface area (Å²) in [7, 11) is 0. The van der Waals surface area contributed by atoms with Gasteiger partial charge in [0.15, 0.2) is 27.5 Å². The van der Waals surface area contributed by atoms with Gasteiger partial charge in [0, 0.05) is 0 Å². The molecule has 118 valence electrons. The second-order valence-corrected chi connectivity index (χ2v) is 6.17. The van der Waals surface area contributed by atoms with Crippen molar-refractivity contribution in [3.63, 3.8) is 0 Å². The van der Waals surface area contributed by atoms with E-state index in [2.05, 4.69) is 10.3 Å². The summed E-state index contributed by atoms with van der Waals surface area (Å²) in [6.45, 7) is 1.99. The molecule has 2 aromatic rings. The molecule has 1 aromatic carbocycles. The van der Waals surface area contributed by atoms with Gasteiger partial charge in [0.25, 0.3) is 0 Å². The number of hydrogen-bond donors (Lipinski definition) is 2. The quantitative estimate of drug-likeness (QED) is 0.499. The van der Waals surface area contributed by atoms with Gasteiger partial charge in [0.1, 0.15) is 0 Å². The Hall–Kier alpha value is -2.45. The Morgan fingerprint density at radius 2 is 2.22 bits per heavy atom. The normalized spacial score (nSPS) is 12.6. The Kier molecular flexibility index (Phi) is 4.26. The van der Waals surface area contributed by atoms with Crippen LogP contribution in [-0.4, -0.2) is 22.7 Å². The third-order valence-corrected chi connectivity index (χ3v) is 4.26. The molecule has 0 saturated heterocycles. The summed E-state index contributed by atoms with van der Waals surface area (Å²) in [5.74, 6) is 1.26. The van der Waals surface area contributed by atoms with Crippen molar-refractivity contribution in [1.29, 1.82) is 0 Å². The molecule has 0 radical (unpaired) electrons. The van der Waals surface area contributed by atoms with E-state index in [4.69, 9.17) is 27.4 Å². The number of nitrogens with two attached hydrogens (primary N) is 1.